The molecule has 4 aromatic rings. The van der Waals surface area contributed by atoms with E-state index in [0.717, 1.165) is 16.7 Å². The standard InChI is InChI=1S/C33H28N2O5/c1-2-22-39-32(38)29(23-40-35-30(36)27-20-12-13-21-28(27)31(35)37)34-33(24-14-6-3-7-15-24,25-16-8-4-9-17-25)26-18-10-5-11-19-26/h2-21,29,34H,1,22-23H2/t29-/m0/s1. The number of amides is 2. The highest BCUT2D eigenvalue weighted by molar-refractivity contribution is 6.20. The van der Waals surface area contributed by atoms with E-state index in [4.69, 9.17) is 9.57 Å². The first-order valence-electron chi connectivity index (χ1n) is 12.9. The van der Waals surface area contributed by atoms with Crippen LogP contribution in [0.5, 0.6) is 0 Å². The number of esters is 1. The number of fused-ring (bicyclic) bond motifs is 1. The first-order chi connectivity index (χ1) is 19.6. The second kappa shape index (κ2) is 11.9. The van der Waals surface area contributed by atoms with E-state index < -0.39 is 29.4 Å². The molecule has 7 heteroatoms. The minimum Gasteiger partial charge on any atom is -0.460 e. The lowest BCUT2D eigenvalue weighted by molar-refractivity contribution is -0.153. The summed E-state index contributed by atoms with van der Waals surface area (Å²) in [4.78, 5) is 45.1. The number of imide groups is 1. The Morgan fingerprint density at radius 1 is 0.750 bits per heavy atom. The molecule has 40 heavy (non-hydrogen) atoms. The van der Waals surface area contributed by atoms with Crippen LogP contribution in [0.1, 0.15) is 37.4 Å². The van der Waals surface area contributed by atoms with Gasteiger partial charge >= 0.3 is 5.97 Å². The molecule has 200 valence electrons. The molecule has 4 aromatic carbocycles. The molecule has 0 saturated carbocycles. The van der Waals surface area contributed by atoms with E-state index in [9.17, 15) is 14.4 Å². The van der Waals surface area contributed by atoms with E-state index in [-0.39, 0.29) is 24.3 Å². The molecule has 0 saturated heterocycles. The third-order valence-electron chi connectivity index (χ3n) is 6.77. The fraction of sp³-hybridized carbons (Fsp3) is 0.121. The number of ether oxygens (including phenoxy) is 1. The van der Waals surface area contributed by atoms with Crippen LogP contribution < -0.4 is 5.32 Å². The van der Waals surface area contributed by atoms with Gasteiger partial charge in [0.2, 0.25) is 0 Å². The van der Waals surface area contributed by atoms with Gasteiger partial charge in [0.05, 0.1) is 16.7 Å². The largest absolute Gasteiger partial charge is 0.460 e. The van der Waals surface area contributed by atoms with Gasteiger partial charge in [0.15, 0.2) is 0 Å². The SMILES string of the molecule is C=CCOC(=O)[C@H](CON1C(=O)c2ccccc2C1=O)NC(c1ccccc1)(c1ccccc1)c1ccccc1. The summed E-state index contributed by atoms with van der Waals surface area (Å²) in [7, 11) is 0. The molecule has 0 aromatic heterocycles. The van der Waals surface area contributed by atoms with Crippen molar-refractivity contribution in [3.05, 3.63) is 156 Å². The molecule has 1 N–H and O–H groups in total. The van der Waals surface area contributed by atoms with E-state index in [1.54, 1.807) is 24.3 Å². The first kappa shape index (κ1) is 26.7. The smallest absolute Gasteiger partial charge is 0.326 e. The Hall–Kier alpha value is -4.85. The molecule has 0 bridgehead atoms. The Bertz CT molecular complexity index is 1370. The molecular weight excluding hydrogens is 504 g/mol. The molecular formula is C33H28N2O5. The van der Waals surface area contributed by atoms with Crippen LogP contribution in [0, 0.1) is 0 Å². The van der Waals surface area contributed by atoms with Crippen molar-refractivity contribution in [2.75, 3.05) is 13.2 Å². The van der Waals surface area contributed by atoms with Crippen molar-refractivity contribution in [3.63, 3.8) is 0 Å². The zero-order chi connectivity index (χ0) is 28.0. The number of hydrogen-bond donors (Lipinski definition) is 1. The molecule has 0 aliphatic carbocycles. The maximum Gasteiger partial charge on any atom is 0.326 e. The Kier molecular flexibility index (Phi) is 7.96. The summed E-state index contributed by atoms with van der Waals surface area (Å²) in [6.45, 7) is 3.27. The summed E-state index contributed by atoms with van der Waals surface area (Å²) in [6, 6.07) is 34.6. The first-order valence-corrected chi connectivity index (χ1v) is 12.9. The molecule has 0 spiro atoms. The monoisotopic (exact) mass is 532 g/mol. The van der Waals surface area contributed by atoms with E-state index in [1.165, 1.54) is 6.08 Å². The lowest BCUT2D eigenvalue weighted by atomic mass is 9.76. The number of nitrogens with one attached hydrogen (secondary N) is 1. The number of benzene rings is 4. The fourth-order valence-corrected chi connectivity index (χ4v) is 4.92. The second-order valence-corrected chi connectivity index (χ2v) is 9.21. The number of hydrogen-bond acceptors (Lipinski definition) is 6. The summed E-state index contributed by atoms with van der Waals surface area (Å²) in [6.07, 6.45) is 1.47. The van der Waals surface area contributed by atoms with E-state index in [0.29, 0.717) is 5.06 Å². The third-order valence-corrected chi connectivity index (χ3v) is 6.77. The topological polar surface area (TPSA) is 84.9 Å². The summed E-state index contributed by atoms with van der Waals surface area (Å²) >= 11 is 0. The average Bonchev–Trinajstić information content (AvgIpc) is 3.26. The number of nitrogens with zero attached hydrogens (tertiary/aromatic N) is 1. The van der Waals surface area contributed by atoms with Gasteiger partial charge in [0.1, 0.15) is 19.3 Å². The predicted molar refractivity (Wildman–Crippen MR) is 150 cm³/mol. The van der Waals surface area contributed by atoms with Gasteiger partial charge in [-0.15, -0.1) is 5.06 Å². The van der Waals surface area contributed by atoms with Crippen LogP contribution in [0.3, 0.4) is 0 Å². The number of carbonyl (C=O) groups is 3. The molecule has 0 fully saturated rings. The molecule has 2 amide bonds. The quantitative estimate of drug-likeness (QED) is 0.128. The Morgan fingerprint density at radius 2 is 1.18 bits per heavy atom. The van der Waals surface area contributed by atoms with Gasteiger partial charge in [0.25, 0.3) is 11.8 Å². The van der Waals surface area contributed by atoms with E-state index >= 15 is 0 Å². The highest BCUT2D eigenvalue weighted by Gasteiger charge is 2.42. The van der Waals surface area contributed by atoms with Crippen molar-refractivity contribution in [2.24, 2.45) is 0 Å². The van der Waals surface area contributed by atoms with E-state index in [1.807, 2.05) is 91.0 Å². The molecule has 0 unspecified atom stereocenters. The summed E-state index contributed by atoms with van der Waals surface area (Å²) in [5, 5.41) is 4.22. The lowest BCUT2D eigenvalue weighted by Crippen LogP contribution is -2.55. The zero-order valence-electron chi connectivity index (χ0n) is 21.7. The van der Waals surface area contributed by atoms with Gasteiger partial charge in [0, 0.05) is 0 Å². The highest BCUT2D eigenvalue weighted by Crippen LogP contribution is 2.37. The van der Waals surface area contributed by atoms with Gasteiger partial charge in [-0.2, -0.15) is 0 Å². The molecule has 1 heterocycles. The highest BCUT2D eigenvalue weighted by atomic mass is 16.7. The Balaban J connectivity index is 1.56. The minimum atomic E-state index is -1.09. The van der Waals surface area contributed by atoms with Crippen molar-refractivity contribution in [3.8, 4) is 0 Å². The Morgan fingerprint density at radius 3 is 1.60 bits per heavy atom. The molecule has 1 atom stereocenters. The van der Waals surface area contributed by atoms with Crippen LogP contribution in [0.2, 0.25) is 0 Å². The molecule has 5 rings (SSSR count). The zero-order valence-corrected chi connectivity index (χ0v) is 21.7. The van der Waals surface area contributed by atoms with Crippen molar-refractivity contribution in [1.82, 2.24) is 10.4 Å². The van der Waals surface area contributed by atoms with Gasteiger partial charge < -0.3 is 4.74 Å². The maximum atomic E-state index is 13.5. The number of rotatable bonds is 11. The van der Waals surface area contributed by atoms with Crippen molar-refractivity contribution in [1.29, 1.82) is 0 Å². The van der Waals surface area contributed by atoms with Crippen LogP contribution >= 0.6 is 0 Å². The van der Waals surface area contributed by atoms with Crippen LogP contribution in [0.15, 0.2) is 128 Å². The molecule has 7 nitrogen and oxygen atoms in total. The van der Waals surface area contributed by atoms with Crippen molar-refractivity contribution >= 4 is 17.8 Å². The average molecular weight is 533 g/mol. The minimum absolute atomic E-state index is 0.0148. The van der Waals surface area contributed by atoms with Crippen LogP contribution in [-0.2, 0) is 19.9 Å². The van der Waals surface area contributed by atoms with Crippen LogP contribution in [0.4, 0.5) is 0 Å². The van der Waals surface area contributed by atoms with Crippen LogP contribution in [0.25, 0.3) is 0 Å². The molecule has 1 aliphatic rings. The maximum absolute atomic E-state index is 13.5. The molecule has 1 aliphatic heterocycles. The number of hydroxylamine groups is 2. The fourth-order valence-electron chi connectivity index (χ4n) is 4.92. The third kappa shape index (κ3) is 5.08. The summed E-state index contributed by atoms with van der Waals surface area (Å²) < 4.78 is 5.45. The van der Waals surface area contributed by atoms with Gasteiger partial charge in [-0.1, -0.05) is 116 Å². The molecule has 0 radical (unpaired) electrons. The van der Waals surface area contributed by atoms with E-state index in [2.05, 4.69) is 11.9 Å². The van der Waals surface area contributed by atoms with Gasteiger partial charge in [-0.3, -0.25) is 24.5 Å². The van der Waals surface area contributed by atoms with Gasteiger partial charge in [-0.05, 0) is 28.8 Å². The number of carbonyl (C=O) groups excluding carboxylic acids is 3. The Labute approximate surface area is 232 Å². The normalized spacial score (nSPS) is 13.6. The second-order valence-electron chi connectivity index (χ2n) is 9.21. The van der Waals surface area contributed by atoms with Crippen LogP contribution in [-0.4, -0.2) is 42.1 Å². The lowest BCUT2D eigenvalue weighted by Gasteiger charge is -2.39. The van der Waals surface area contributed by atoms with Crippen molar-refractivity contribution < 1.29 is 24.0 Å². The van der Waals surface area contributed by atoms with Gasteiger partial charge in [-0.25, -0.2) is 0 Å². The summed E-state index contributed by atoms with van der Waals surface area (Å²) in [5.41, 5.74) is 2.09. The predicted octanol–water partition coefficient (Wildman–Crippen LogP) is 4.89. The summed E-state index contributed by atoms with van der Waals surface area (Å²) in [5.74, 6) is -1.79. The van der Waals surface area contributed by atoms with Crippen molar-refractivity contribution in [2.45, 2.75) is 11.6 Å².